The van der Waals surface area contributed by atoms with Gasteiger partial charge in [0.05, 0.1) is 19.8 Å². The smallest absolute Gasteiger partial charge is 0.397 e. The number of carbonyl (C=O) groups is 1. The molecule has 0 aromatic heterocycles. The minimum atomic E-state index is -5.04. The molecule has 0 aromatic carbocycles. The van der Waals surface area contributed by atoms with Gasteiger partial charge >= 0.3 is 16.4 Å². The second-order valence-corrected chi connectivity index (χ2v) is 13.5. The van der Waals surface area contributed by atoms with Gasteiger partial charge < -0.3 is 34.3 Å². The molecule has 274 valence electrons. The van der Waals surface area contributed by atoms with E-state index in [0.717, 1.165) is 32.1 Å². The number of hydrogen-bond donors (Lipinski definition) is 4. The molecule has 1 rings (SSSR count). The van der Waals surface area contributed by atoms with Crippen LogP contribution in [-0.2, 0) is 38.3 Å². The van der Waals surface area contributed by atoms with E-state index in [1.54, 1.807) is 0 Å². The average Bonchev–Trinajstić information content (AvgIpc) is 3.01. The Kier molecular flexibility index (Phi) is 25.3. The summed E-state index contributed by atoms with van der Waals surface area (Å²) in [5.74, 6) is -0.422. The highest BCUT2D eigenvalue weighted by molar-refractivity contribution is 7.80. The Morgan fingerprint density at radius 2 is 1.24 bits per heavy atom. The zero-order valence-electron chi connectivity index (χ0n) is 28.4. The molecule has 1 fully saturated rings. The summed E-state index contributed by atoms with van der Waals surface area (Å²) in [6.07, 6.45) is 13.9. The molecule has 1 saturated heterocycles. The number of ether oxygens (including phenoxy) is 4. The number of aliphatic hydroxyl groups is 3. The van der Waals surface area contributed by atoms with Crippen LogP contribution in [0.2, 0.25) is 0 Å². The summed E-state index contributed by atoms with van der Waals surface area (Å²) >= 11 is 0. The Labute approximate surface area is 277 Å². The van der Waals surface area contributed by atoms with Crippen LogP contribution in [0.1, 0.15) is 142 Å². The molecule has 0 radical (unpaired) electrons. The molecule has 0 bridgehead atoms. The van der Waals surface area contributed by atoms with Crippen LogP contribution in [0.25, 0.3) is 0 Å². The Bertz CT molecular complexity index is 842. The molecule has 46 heavy (non-hydrogen) atoms. The van der Waals surface area contributed by atoms with Gasteiger partial charge in [-0.05, 0) is 12.8 Å². The van der Waals surface area contributed by atoms with E-state index in [1.807, 2.05) is 6.92 Å². The lowest BCUT2D eigenvalue weighted by Gasteiger charge is -2.41. The molecule has 0 spiro atoms. The van der Waals surface area contributed by atoms with Crippen LogP contribution in [0, 0.1) is 0 Å². The zero-order chi connectivity index (χ0) is 34.0. The molecule has 4 N–H and O–H groups in total. The molecule has 1 heterocycles. The molecule has 6 atom stereocenters. The standard InChI is InChI=1S/C33H64O12S/c1-3-5-7-8-9-10-11-12-13-14-15-16-17-18-19-21-23-41-25-27(43-29(35)22-20-6-4-2)26-42-33-31(37)32(45-46(38,39)40)30(36)28(24-34)44-33/h27-28,30-34,36-37H,3-26H2,1-2H3,(H,38,39,40). The average molecular weight is 685 g/mol. The van der Waals surface area contributed by atoms with Gasteiger partial charge in [-0.1, -0.05) is 123 Å². The van der Waals surface area contributed by atoms with Gasteiger partial charge in [0.15, 0.2) is 6.29 Å². The molecule has 0 aliphatic carbocycles. The predicted molar refractivity (Wildman–Crippen MR) is 175 cm³/mol. The van der Waals surface area contributed by atoms with E-state index in [9.17, 15) is 28.5 Å². The highest BCUT2D eigenvalue weighted by Gasteiger charge is 2.48. The van der Waals surface area contributed by atoms with Crippen LogP contribution in [0.5, 0.6) is 0 Å². The lowest BCUT2D eigenvalue weighted by Crippen LogP contribution is -2.60. The summed E-state index contributed by atoms with van der Waals surface area (Å²) in [5, 5.41) is 30.3. The largest absolute Gasteiger partial charge is 0.457 e. The maximum Gasteiger partial charge on any atom is 0.397 e. The second-order valence-electron chi connectivity index (χ2n) is 12.5. The quantitative estimate of drug-likeness (QED) is 0.0431. The number of aliphatic hydroxyl groups excluding tert-OH is 3. The summed E-state index contributed by atoms with van der Waals surface area (Å²) in [4.78, 5) is 12.4. The van der Waals surface area contributed by atoms with Crippen molar-refractivity contribution in [2.75, 3.05) is 26.4 Å². The number of rotatable bonds is 30. The van der Waals surface area contributed by atoms with E-state index < -0.39 is 59.8 Å². The summed E-state index contributed by atoms with van der Waals surface area (Å²) in [7, 11) is -5.04. The SMILES string of the molecule is CCCCCCCCCCCCCCCCCCOCC(COC1OC(CO)C(O)C(OS(=O)(=O)O)C1O)OC(=O)CCCCC. The lowest BCUT2D eigenvalue weighted by atomic mass is 9.99. The summed E-state index contributed by atoms with van der Waals surface area (Å²) in [5.41, 5.74) is 0. The fourth-order valence-corrected chi connectivity index (χ4v) is 6.00. The van der Waals surface area contributed by atoms with E-state index >= 15 is 0 Å². The van der Waals surface area contributed by atoms with Crippen molar-refractivity contribution in [2.24, 2.45) is 0 Å². The van der Waals surface area contributed by atoms with Gasteiger partial charge in [0.2, 0.25) is 0 Å². The molecule has 0 amide bonds. The predicted octanol–water partition coefficient (Wildman–Crippen LogP) is 5.40. The maximum atomic E-state index is 12.4. The number of unbranched alkanes of at least 4 members (excludes halogenated alkanes) is 17. The summed E-state index contributed by atoms with van der Waals surface area (Å²) in [6.45, 7) is 3.79. The Hall–Kier alpha value is -0.900. The van der Waals surface area contributed by atoms with Crippen molar-refractivity contribution in [2.45, 2.75) is 179 Å². The van der Waals surface area contributed by atoms with Crippen LogP contribution >= 0.6 is 0 Å². The van der Waals surface area contributed by atoms with Crippen LogP contribution < -0.4 is 0 Å². The van der Waals surface area contributed by atoms with Crippen LogP contribution in [0.3, 0.4) is 0 Å². The first kappa shape index (κ1) is 43.1. The van der Waals surface area contributed by atoms with Crippen LogP contribution in [0.15, 0.2) is 0 Å². The third-order valence-corrected chi connectivity index (χ3v) is 8.69. The van der Waals surface area contributed by atoms with Crippen LogP contribution in [-0.4, -0.2) is 97.5 Å². The minimum absolute atomic E-state index is 0.0398. The molecule has 1 aliphatic heterocycles. The lowest BCUT2D eigenvalue weighted by molar-refractivity contribution is -0.301. The van der Waals surface area contributed by atoms with Gasteiger partial charge in [0.25, 0.3) is 0 Å². The molecule has 0 aromatic rings. The topological polar surface area (TPSA) is 178 Å². The summed E-state index contributed by atoms with van der Waals surface area (Å²) < 4.78 is 58.2. The molecule has 13 heteroatoms. The molecule has 0 saturated carbocycles. The van der Waals surface area contributed by atoms with Crippen molar-refractivity contribution in [3.05, 3.63) is 0 Å². The first-order valence-electron chi connectivity index (χ1n) is 17.8. The number of esters is 1. The van der Waals surface area contributed by atoms with Crippen molar-refractivity contribution in [1.82, 2.24) is 0 Å². The van der Waals surface area contributed by atoms with Gasteiger partial charge in [0.1, 0.15) is 30.5 Å². The van der Waals surface area contributed by atoms with Gasteiger partial charge in [-0.25, -0.2) is 4.18 Å². The van der Waals surface area contributed by atoms with Crippen LogP contribution in [0.4, 0.5) is 0 Å². The van der Waals surface area contributed by atoms with Gasteiger partial charge in [-0.3, -0.25) is 9.35 Å². The summed E-state index contributed by atoms with van der Waals surface area (Å²) in [6, 6.07) is 0. The van der Waals surface area contributed by atoms with Gasteiger partial charge in [-0.2, -0.15) is 8.42 Å². The Balaban J connectivity index is 2.35. The Morgan fingerprint density at radius 3 is 1.74 bits per heavy atom. The van der Waals surface area contributed by atoms with Gasteiger partial charge in [-0.15, -0.1) is 0 Å². The van der Waals surface area contributed by atoms with E-state index in [4.69, 9.17) is 23.5 Å². The number of carbonyl (C=O) groups excluding carboxylic acids is 1. The molecular formula is C33H64O12S. The van der Waals surface area contributed by atoms with Crippen molar-refractivity contribution in [3.8, 4) is 0 Å². The Morgan fingerprint density at radius 1 is 0.739 bits per heavy atom. The van der Waals surface area contributed by atoms with E-state index in [-0.39, 0.29) is 19.6 Å². The maximum absolute atomic E-state index is 12.4. The molecular weight excluding hydrogens is 620 g/mol. The third kappa shape index (κ3) is 21.1. The molecule has 12 nitrogen and oxygen atoms in total. The van der Waals surface area contributed by atoms with Crippen molar-refractivity contribution in [1.29, 1.82) is 0 Å². The van der Waals surface area contributed by atoms with Crippen molar-refractivity contribution < 1.29 is 56.2 Å². The highest BCUT2D eigenvalue weighted by Crippen LogP contribution is 2.26. The zero-order valence-corrected chi connectivity index (χ0v) is 29.2. The van der Waals surface area contributed by atoms with Crippen molar-refractivity contribution >= 4 is 16.4 Å². The van der Waals surface area contributed by atoms with E-state index in [1.165, 1.54) is 83.5 Å². The first-order valence-corrected chi connectivity index (χ1v) is 19.2. The van der Waals surface area contributed by atoms with E-state index in [2.05, 4.69) is 11.1 Å². The fourth-order valence-electron chi connectivity index (χ4n) is 5.49. The van der Waals surface area contributed by atoms with Crippen molar-refractivity contribution in [3.63, 3.8) is 0 Å². The monoisotopic (exact) mass is 684 g/mol. The van der Waals surface area contributed by atoms with E-state index in [0.29, 0.717) is 13.0 Å². The molecule has 6 unspecified atom stereocenters. The highest BCUT2D eigenvalue weighted by atomic mass is 32.3. The normalized spacial score (nSPS) is 22.6. The van der Waals surface area contributed by atoms with Gasteiger partial charge in [0, 0.05) is 13.0 Å². The third-order valence-electron chi connectivity index (χ3n) is 8.23. The minimum Gasteiger partial charge on any atom is -0.457 e. The second kappa shape index (κ2) is 27.0. The number of hydrogen-bond acceptors (Lipinski definition) is 11. The first-order chi connectivity index (χ1) is 22.1. The fraction of sp³-hybridized carbons (Fsp3) is 0.970. The molecule has 1 aliphatic rings.